The zero-order valence-corrected chi connectivity index (χ0v) is 11.2. The first-order chi connectivity index (χ1) is 7.63. The smallest absolute Gasteiger partial charge is 0.150 e. The molecule has 4 heteroatoms. The predicted octanol–water partition coefficient (Wildman–Crippen LogP) is 4.89. The van der Waals surface area contributed by atoms with Crippen molar-refractivity contribution in [1.82, 2.24) is 0 Å². The molecule has 16 heavy (non-hydrogen) atoms. The molecule has 0 saturated carbocycles. The fraction of sp³-hybridized carbons (Fsp3) is 0.0833. The van der Waals surface area contributed by atoms with Crippen LogP contribution in [-0.2, 0) is 0 Å². The Hall–Kier alpha value is -0.570. The molecule has 0 amide bonds. The van der Waals surface area contributed by atoms with E-state index in [4.69, 9.17) is 23.2 Å². The Balaban J connectivity index is 2.84. The molecule has 0 aliphatic heterocycles. The van der Waals surface area contributed by atoms with Crippen molar-refractivity contribution in [1.29, 1.82) is 0 Å². The molecule has 0 fully saturated rings. The van der Waals surface area contributed by atoms with E-state index in [2.05, 4.69) is 15.9 Å². The van der Waals surface area contributed by atoms with Gasteiger partial charge in [-0.05, 0) is 22.9 Å². The van der Waals surface area contributed by atoms with Gasteiger partial charge in [0.25, 0.3) is 0 Å². The number of alkyl halides is 2. The van der Waals surface area contributed by atoms with E-state index in [9.17, 15) is 4.79 Å². The van der Waals surface area contributed by atoms with Gasteiger partial charge in [0, 0.05) is 15.6 Å². The number of hydrogen-bond donors (Lipinski definition) is 0. The van der Waals surface area contributed by atoms with Crippen LogP contribution in [0.25, 0.3) is 10.8 Å². The first kappa shape index (κ1) is 11.9. The number of hydrogen-bond acceptors (Lipinski definition) is 1. The van der Waals surface area contributed by atoms with Crippen LogP contribution in [0.5, 0.6) is 0 Å². The third-order valence-electron chi connectivity index (χ3n) is 2.40. The Morgan fingerprint density at radius 2 is 1.94 bits per heavy atom. The summed E-state index contributed by atoms with van der Waals surface area (Å²) in [5.41, 5.74) is 1.20. The summed E-state index contributed by atoms with van der Waals surface area (Å²) in [6, 6.07) is 9.37. The minimum absolute atomic E-state index is 0.532. The third kappa shape index (κ3) is 2.10. The average Bonchev–Trinajstić information content (AvgIpc) is 2.26. The van der Waals surface area contributed by atoms with Gasteiger partial charge in [-0.3, -0.25) is 4.79 Å². The summed E-state index contributed by atoms with van der Waals surface area (Å²) in [5, 5.41) is 1.91. The molecule has 0 saturated heterocycles. The molecule has 0 atom stereocenters. The quantitative estimate of drug-likeness (QED) is 0.569. The molecule has 2 aromatic carbocycles. The van der Waals surface area contributed by atoms with E-state index in [1.54, 1.807) is 6.07 Å². The summed E-state index contributed by atoms with van der Waals surface area (Å²) in [4.78, 5) is 10.2. The largest absolute Gasteiger partial charge is 0.298 e. The van der Waals surface area contributed by atoms with Gasteiger partial charge in [-0.15, -0.1) is 23.2 Å². The molecule has 0 heterocycles. The van der Waals surface area contributed by atoms with Crippen LogP contribution in [0.4, 0.5) is 0 Å². The van der Waals surface area contributed by atoms with Gasteiger partial charge in [-0.25, -0.2) is 0 Å². The molecule has 0 aliphatic carbocycles. The lowest BCUT2D eigenvalue weighted by atomic mass is 10.0. The van der Waals surface area contributed by atoms with E-state index in [1.165, 1.54) is 0 Å². The van der Waals surface area contributed by atoms with Gasteiger partial charge in [0.05, 0.1) is 0 Å². The van der Waals surface area contributed by atoms with Crippen LogP contribution >= 0.6 is 39.1 Å². The first-order valence-electron chi connectivity index (χ1n) is 4.59. The Morgan fingerprint density at radius 1 is 1.19 bits per heavy atom. The van der Waals surface area contributed by atoms with Crippen LogP contribution in [0.2, 0.25) is 0 Å². The van der Waals surface area contributed by atoms with Gasteiger partial charge in [0.1, 0.15) is 11.1 Å². The number of carbonyl (C=O) groups is 1. The maximum Gasteiger partial charge on any atom is 0.150 e. The van der Waals surface area contributed by atoms with Crippen molar-refractivity contribution in [3.8, 4) is 0 Å². The van der Waals surface area contributed by atoms with Gasteiger partial charge in [0.2, 0.25) is 0 Å². The molecule has 0 N–H and O–H groups in total. The summed E-state index contributed by atoms with van der Waals surface area (Å²) < 4.78 is 0.977. The van der Waals surface area contributed by atoms with E-state index in [-0.39, 0.29) is 0 Å². The van der Waals surface area contributed by atoms with Crippen molar-refractivity contribution in [2.45, 2.75) is 4.84 Å². The number of carbonyl (C=O) groups excluding carboxylic acids is 1. The SMILES string of the molecule is O=Cc1ccc2cc(Br)ccc2c1C(Cl)Cl. The average molecular weight is 318 g/mol. The van der Waals surface area contributed by atoms with Crippen molar-refractivity contribution < 1.29 is 4.79 Å². The van der Waals surface area contributed by atoms with Crippen molar-refractivity contribution in [2.24, 2.45) is 0 Å². The molecule has 1 nitrogen and oxygen atoms in total. The highest BCUT2D eigenvalue weighted by molar-refractivity contribution is 9.10. The van der Waals surface area contributed by atoms with E-state index >= 15 is 0 Å². The first-order valence-corrected chi connectivity index (χ1v) is 6.25. The van der Waals surface area contributed by atoms with Crippen LogP contribution in [0.15, 0.2) is 34.8 Å². The topological polar surface area (TPSA) is 17.1 Å². The molecule has 0 unspecified atom stereocenters. The van der Waals surface area contributed by atoms with E-state index in [0.29, 0.717) is 11.1 Å². The summed E-state index contributed by atoms with van der Waals surface area (Å²) >= 11 is 15.2. The normalized spacial score (nSPS) is 11.0. The lowest BCUT2D eigenvalue weighted by Crippen LogP contribution is -1.93. The molecular weight excluding hydrogens is 311 g/mol. The standard InChI is InChI=1S/C12H7BrCl2O/c13-9-3-4-10-7(5-9)1-2-8(6-16)11(10)12(14)15/h1-6,12H. The van der Waals surface area contributed by atoms with Crippen LogP contribution in [-0.4, -0.2) is 6.29 Å². The maximum absolute atomic E-state index is 10.9. The highest BCUT2D eigenvalue weighted by Gasteiger charge is 2.13. The van der Waals surface area contributed by atoms with E-state index < -0.39 is 4.84 Å². The lowest BCUT2D eigenvalue weighted by Gasteiger charge is -2.10. The van der Waals surface area contributed by atoms with Crippen molar-refractivity contribution in [3.63, 3.8) is 0 Å². The minimum atomic E-state index is -0.704. The summed E-state index contributed by atoms with van der Waals surface area (Å²) in [6.45, 7) is 0. The third-order valence-corrected chi connectivity index (χ3v) is 3.33. The fourth-order valence-electron chi connectivity index (χ4n) is 1.69. The predicted molar refractivity (Wildman–Crippen MR) is 71.5 cm³/mol. The fourth-order valence-corrected chi connectivity index (χ4v) is 2.55. The molecule has 0 radical (unpaired) electrons. The van der Waals surface area contributed by atoms with E-state index in [0.717, 1.165) is 21.5 Å². The highest BCUT2D eigenvalue weighted by atomic mass is 79.9. The van der Waals surface area contributed by atoms with Crippen molar-refractivity contribution in [2.75, 3.05) is 0 Å². The molecule has 0 spiro atoms. The molecule has 82 valence electrons. The van der Waals surface area contributed by atoms with Gasteiger partial charge >= 0.3 is 0 Å². The molecule has 0 aromatic heterocycles. The number of halogens is 3. The second-order valence-corrected chi connectivity index (χ2v) is 5.36. The van der Waals surface area contributed by atoms with Crippen LogP contribution in [0.1, 0.15) is 20.8 Å². The Morgan fingerprint density at radius 3 is 2.56 bits per heavy atom. The summed E-state index contributed by atoms with van der Waals surface area (Å²) in [5.74, 6) is 0. The van der Waals surface area contributed by atoms with Crippen molar-refractivity contribution in [3.05, 3.63) is 45.9 Å². The molecule has 2 rings (SSSR count). The van der Waals surface area contributed by atoms with Crippen LogP contribution in [0.3, 0.4) is 0 Å². The van der Waals surface area contributed by atoms with Crippen LogP contribution < -0.4 is 0 Å². The number of fused-ring (bicyclic) bond motifs is 1. The Bertz CT molecular complexity index is 552. The van der Waals surface area contributed by atoms with Crippen LogP contribution in [0, 0.1) is 0 Å². The van der Waals surface area contributed by atoms with Gasteiger partial charge in [-0.1, -0.05) is 34.1 Å². The maximum atomic E-state index is 10.9. The summed E-state index contributed by atoms with van der Waals surface area (Å²) in [6.07, 6.45) is 0.772. The molecule has 0 bridgehead atoms. The lowest BCUT2D eigenvalue weighted by molar-refractivity contribution is 0.112. The highest BCUT2D eigenvalue weighted by Crippen LogP contribution is 2.34. The summed E-state index contributed by atoms with van der Waals surface area (Å²) in [7, 11) is 0. The molecule has 0 aliphatic rings. The van der Waals surface area contributed by atoms with E-state index in [1.807, 2.05) is 24.3 Å². The zero-order chi connectivity index (χ0) is 11.7. The monoisotopic (exact) mass is 316 g/mol. The zero-order valence-electron chi connectivity index (χ0n) is 8.08. The molecular formula is C12H7BrCl2O. The number of benzene rings is 2. The Labute approximate surface area is 111 Å². The second kappa shape index (κ2) is 4.74. The van der Waals surface area contributed by atoms with Gasteiger partial charge in [-0.2, -0.15) is 0 Å². The Kier molecular flexibility index (Phi) is 3.53. The van der Waals surface area contributed by atoms with Gasteiger partial charge < -0.3 is 0 Å². The van der Waals surface area contributed by atoms with Crippen molar-refractivity contribution >= 4 is 56.2 Å². The number of aldehydes is 1. The number of rotatable bonds is 2. The van der Waals surface area contributed by atoms with Gasteiger partial charge in [0.15, 0.2) is 0 Å². The molecule has 2 aromatic rings. The minimum Gasteiger partial charge on any atom is -0.298 e. The second-order valence-electron chi connectivity index (χ2n) is 3.35.